The standard InChI is InChI=1S/C16H27BrN2O2/c1-12(2)10-14(19-6-8-20-9-7-19)11-18-13(3)15-4-5-16(17)21-15/h4-5,12-14,18H,6-11H2,1-3H3. The average molecular weight is 359 g/mol. The minimum absolute atomic E-state index is 0.229. The van der Waals surface area contributed by atoms with Crippen LogP contribution in [0.4, 0.5) is 0 Å². The van der Waals surface area contributed by atoms with Crippen LogP contribution in [0.1, 0.15) is 39.0 Å². The zero-order valence-corrected chi connectivity index (χ0v) is 14.9. The summed E-state index contributed by atoms with van der Waals surface area (Å²) in [6.07, 6.45) is 1.21. The van der Waals surface area contributed by atoms with Gasteiger partial charge in [0.15, 0.2) is 4.67 Å². The molecule has 21 heavy (non-hydrogen) atoms. The maximum absolute atomic E-state index is 5.62. The molecule has 1 aliphatic rings. The van der Waals surface area contributed by atoms with Gasteiger partial charge in [-0.15, -0.1) is 0 Å². The van der Waals surface area contributed by atoms with Gasteiger partial charge in [0.1, 0.15) is 5.76 Å². The van der Waals surface area contributed by atoms with Crippen molar-refractivity contribution < 1.29 is 9.15 Å². The number of halogens is 1. The molecule has 2 atom stereocenters. The van der Waals surface area contributed by atoms with Crippen molar-refractivity contribution in [2.24, 2.45) is 5.92 Å². The summed E-state index contributed by atoms with van der Waals surface area (Å²) >= 11 is 3.36. The Morgan fingerprint density at radius 3 is 2.52 bits per heavy atom. The molecule has 2 rings (SSSR count). The van der Waals surface area contributed by atoms with Crippen molar-refractivity contribution in [3.8, 4) is 0 Å². The van der Waals surface area contributed by atoms with E-state index >= 15 is 0 Å². The van der Waals surface area contributed by atoms with E-state index in [2.05, 4.69) is 46.9 Å². The molecule has 0 aromatic carbocycles. The summed E-state index contributed by atoms with van der Waals surface area (Å²) in [5, 5.41) is 3.62. The minimum atomic E-state index is 0.229. The summed E-state index contributed by atoms with van der Waals surface area (Å²) < 4.78 is 11.9. The van der Waals surface area contributed by atoms with Crippen LogP contribution in [-0.4, -0.2) is 43.8 Å². The highest BCUT2D eigenvalue weighted by molar-refractivity contribution is 9.10. The van der Waals surface area contributed by atoms with E-state index in [0.717, 1.165) is 43.3 Å². The number of hydrogen-bond acceptors (Lipinski definition) is 4. The largest absolute Gasteiger partial charge is 0.453 e. The second-order valence-electron chi connectivity index (χ2n) is 6.20. The van der Waals surface area contributed by atoms with Crippen LogP contribution >= 0.6 is 15.9 Å². The molecule has 1 fully saturated rings. The van der Waals surface area contributed by atoms with Crippen LogP contribution in [0, 0.1) is 5.92 Å². The second-order valence-corrected chi connectivity index (χ2v) is 6.99. The molecule has 1 N–H and O–H groups in total. The fraction of sp³-hybridized carbons (Fsp3) is 0.750. The van der Waals surface area contributed by atoms with Gasteiger partial charge in [0.25, 0.3) is 0 Å². The Kier molecular flexibility index (Phi) is 6.74. The Morgan fingerprint density at radius 1 is 1.24 bits per heavy atom. The Bertz CT molecular complexity index is 416. The summed E-state index contributed by atoms with van der Waals surface area (Å²) in [5.41, 5.74) is 0. The van der Waals surface area contributed by atoms with E-state index in [1.54, 1.807) is 0 Å². The zero-order valence-electron chi connectivity index (χ0n) is 13.3. The molecule has 5 heteroatoms. The molecule has 0 saturated carbocycles. The van der Waals surface area contributed by atoms with Crippen LogP contribution < -0.4 is 5.32 Å². The molecular formula is C16H27BrN2O2. The molecule has 1 saturated heterocycles. The van der Waals surface area contributed by atoms with Gasteiger partial charge in [-0.2, -0.15) is 0 Å². The molecule has 120 valence electrons. The number of nitrogens with one attached hydrogen (secondary N) is 1. The Balaban J connectivity index is 1.88. The van der Waals surface area contributed by atoms with Crippen LogP contribution in [0.2, 0.25) is 0 Å². The first-order valence-electron chi connectivity index (χ1n) is 7.86. The van der Waals surface area contributed by atoms with Crippen LogP contribution in [0.25, 0.3) is 0 Å². The maximum atomic E-state index is 5.62. The van der Waals surface area contributed by atoms with Crippen molar-refractivity contribution in [1.29, 1.82) is 0 Å². The van der Waals surface area contributed by atoms with Gasteiger partial charge in [0.05, 0.1) is 19.3 Å². The van der Waals surface area contributed by atoms with E-state index in [1.807, 2.05) is 12.1 Å². The van der Waals surface area contributed by atoms with Crippen LogP contribution in [0.5, 0.6) is 0 Å². The normalized spacial score (nSPS) is 19.9. The number of rotatable bonds is 7. The quantitative estimate of drug-likeness (QED) is 0.809. The molecule has 4 nitrogen and oxygen atoms in total. The Morgan fingerprint density at radius 2 is 1.95 bits per heavy atom. The molecule has 0 aliphatic carbocycles. The first kappa shape index (κ1) is 17.0. The molecular weight excluding hydrogens is 332 g/mol. The van der Waals surface area contributed by atoms with Crippen molar-refractivity contribution in [3.05, 3.63) is 22.6 Å². The van der Waals surface area contributed by atoms with Gasteiger partial charge in [-0.05, 0) is 47.3 Å². The third-order valence-electron chi connectivity index (χ3n) is 3.99. The summed E-state index contributed by atoms with van der Waals surface area (Å²) in [5.74, 6) is 1.68. The monoisotopic (exact) mass is 358 g/mol. The van der Waals surface area contributed by atoms with Gasteiger partial charge >= 0.3 is 0 Å². The highest BCUT2D eigenvalue weighted by Crippen LogP contribution is 2.21. The topological polar surface area (TPSA) is 37.6 Å². The Labute approximate surface area is 136 Å². The average Bonchev–Trinajstić information content (AvgIpc) is 2.90. The second kappa shape index (κ2) is 8.32. The fourth-order valence-electron chi connectivity index (χ4n) is 2.82. The number of hydrogen-bond donors (Lipinski definition) is 1. The van der Waals surface area contributed by atoms with Crippen LogP contribution in [0.15, 0.2) is 21.2 Å². The summed E-state index contributed by atoms with van der Waals surface area (Å²) in [6.45, 7) is 11.5. The summed E-state index contributed by atoms with van der Waals surface area (Å²) in [4.78, 5) is 2.56. The van der Waals surface area contributed by atoms with Crippen molar-refractivity contribution in [3.63, 3.8) is 0 Å². The van der Waals surface area contributed by atoms with Crippen LogP contribution in [-0.2, 0) is 4.74 Å². The first-order valence-corrected chi connectivity index (χ1v) is 8.66. The predicted octanol–water partition coefficient (Wildman–Crippen LogP) is 3.44. The van der Waals surface area contributed by atoms with Crippen molar-refractivity contribution in [2.45, 2.75) is 39.3 Å². The predicted molar refractivity (Wildman–Crippen MR) is 88.5 cm³/mol. The molecule has 0 amide bonds. The van der Waals surface area contributed by atoms with Gasteiger partial charge in [-0.1, -0.05) is 13.8 Å². The number of morpholine rings is 1. The number of furan rings is 1. The molecule has 0 spiro atoms. The van der Waals surface area contributed by atoms with Gasteiger partial charge in [-0.25, -0.2) is 0 Å². The fourth-order valence-corrected chi connectivity index (χ4v) is 3.14. The Hall–Kier alpha value is -0.360. The summed E-state index contributed by atoms with van der Waals surface area (Å²) in [6, 6.07) is 4.76. The van der Waals surface area contributed by atoms with Gasteiger partial charge in [-0.3, -0.25) is 4.90 Å². The van der Waals surface area contributed by atoms with E-state index in [9.17, 15) is 0 Å². The third-order valence-corrected chi connectivity index (χ3v) is 4.41. The number of nitrogens with zero attached hydrogens (tertiary/aromatic N) is 1. The van der Waals surface area contributed by atoms with E-state index in [-0.39, 0.29) is 6.04 Å². The van der Waals surface area contributed by atoms with Crippen molar-refractivity contribution in [1.82, 2.24) is 10.2 Å². The van der Waals surface area contributed by atoms with Crippen molar-refractivity contribution >= 4 is 15.9 Å². The molecule has 2 heterocycles. The zero-order chi connectivity index (χ0) is 15.2. The first-order chi connectivity index (χ1) is 10.1. The lowest BCUT2D eigenvalue weighted by Crippen LogP contribution is -2.48. The lowest BCUT2D eigenvalue weighted by molar-refractivity contribution is 0.0118. The summed E-state index contributed by atoms with van der Waals surface area (Å²) in [7, 11) is 0. The SMILES string of the molecule is CC(C)CC(CNC(C)c1ccc(Br)o1)N1CCOCC1. The highest BCUT2D eigenvalue weighted by atomic mass is 79.9. The van der Waals surface area contributed by atoms with E-state index in [1.165, 1.54) is 6.42 Å². The van der Waals surface area contributed by atoms with Gasteiger partial charge in [0, 0.05) is 25.7 Å². The van der Waals surface area contributed by atoms with E-state index in [4.69, 9.17) is 9.15 Å². The molecule has 1 aromatic rings. The molecule has 2 unspecified atom stereocenters. The third kappa shape index (κ3) is 5.40. The van der Waals surface area contributed by atoms with E-state index in [0.29, 0.717) is 12.0 Å². The molecule has 0 bridgehead atoms. The van der Waals surface area contributed by atoms with Crippen molar-refractivity contribution in [2.75, 3.05) is 32.8 Å². The smallest absolute Gasteiger partial charge is 0.169 e. The lowest BCUT2D eigenvalue weighted by atomic mass is 10.0. The minimum Gasteiger partial charge on any atom is -0.453 e. The van der Waals surface area contributed by atoms with Gasteiger partial charge in [0.2, 0.25) is 0 Å². The lowest BCUT2D eigenvalue weighted by Gasteiger charge is -2.36. The number of ether oxygens (including phenoxy) is 1. The molecule has 1 aromatic heterocycles. The maximum Gasteiger partial charge on any atom is 0.169 e. The highest BCUT2D eigenvalue weighted by Gasteiger charge is 2.22. The molecule has 0 radical (unpaired) electrons. The van der Waals surface area contributed by atoms with Crippen LogP contribution in [0.3, 0.4) is 0 Å². The van der Waals surface area contributed by atoms with E-state index < -0.39 is 0 Å². The molecule has 1 aliphatic heterocycles. The van der Waals surface area contributed by atoms with Gasteiger partial charge < -0.3 is 14.5 Å².